The number of hydrogen-bond donors (Lipinski definition) is 0. The van der Waals surface area contributed by atoms with Crippen LogP contribution >= 0.6 is 0 Å². The Morgan fingerprint density at radius 3 is 2.79 bits per heavy atom. The van der Waals surface area contributed by atoms with Gasteiger partial charge in [-0.05, 0) is 12.0 Å². The third-order valence-corrected chi connectivity index (χ3v) is 4.24. The molecule has 126 valence electrons. The predicted octanol–water partition coefficient (Wildman–Crippen LogP) is 1.70. The zero-order chi connectivity index (χ0) is 16.9. The van der Waals surface area contributed by atoms with E-state index in [1.54, 1.807) is 11.1 Å². The van der Waals surface area contributed by atoms with Crippen molar-refractivity contribution in [3.8, 4) is 0 Å². The molecule has 24 heavy (non-hydrogen) atoms. The third kappa shape index (κ3) is 3.82. The number of hydrogen-bond acceptors (Lipinski definition) is 4. The Bertz CT molecular complexity index is 711. The van der Waals surface area contributed by atoms with Crippen molar-refractivity contribution in [3.63, 3.8) is 0 Å². The smallest absolute Gasteiger partial charge is 0.306 e. The Morgan fingerprint density at radius 1 is 1.38 bits per heavy atom. The average Bonchev–Trinajstić information content (AvgIpc) is 3.20. The summed E-state index contributed by atoms with van der Waals surface area (Å²) >= 11 is 0. The van der Waals surface area contributed by atoms with Crippen LogP contribution in [0.5, 0.6) is 0 Å². The first-order valence-corrected chi connectivity index (χ1v) is 8.12. The molecule has 1 aromatic carbocycles. The van der Waals surface area contributed by atoms with Crippen molar-refractivity contribution in [1.82, 2.24) is 14.5 Å². The summed E-state index contributed by atoms with van der Waals surface area (Å²) in [7, 11) is 1.90. The first kappa shape index (κ1) is 16.2. The van der Waals surface area contributed by atoms with Crippen molar-refractivity contribution in [2.24, 2.45) is 7.05 Å². The summed E-state index contributed by atoms with van der Waals surface area (Å²) < 4.78 is 7.04. The van der Waals surface area contributed by atoms with E-state index < -0.39 is 6.10 Å². The van der Waals surface area contributed by atoms with Crippen molar-refractivity contribution in [2.45, 2.75) is 31.9 Å². The Hall–Kier alpha value is -2.63. The number of aromatic nitrogens is 2. The van der Waals surface area contributed by atoms with Crippen LogP contribution in [0.4, 0.5) is 0 Å². The number of aryl methyl sites for hydroxylation is 1. The highest BCUT2D eigenvalue weighted by molar-refractivity contribution is 5.86. The van der Waals surface area contributed by atoms with Gasteiger partial charge in [0.25, 0.3) is 5.91 Å². The molecule has 1 amide bonds. The van der Waals surface area contributed by atoms with Gasteiger partial charge in [-0.2, -0.15) is 0 Å². The van der Waals surface area contributed by atoms with Gasteiger partial charge in [0.15, 0.2) is 6.10 Å². The van der Waals surface area contributed by atoms with Gasteiger partial charge in [0.2, 0.25) is 0 Å². The normalized spacial score (nSPS) is 16.9. The molecular weight excluding hydrogens is 306 g/mol. The largest absolute Gasteiger partial charge is 0.452 e. The lowest BCUT2D eigenvalue weighted by molar-refractivity contribution is -0.153. The molecule has 1 saturated heterocycles. The van der Waals surface area contributed by atoms with E-state index in [9.17, 15) is 9.59 Å². The minimum absolute atomic E-state index is 0.139. The molecule has 2 heterocycles. The molecule has 1 aliphatic heterocycles. The fraction of sp³-hybridized carbons (Fsp3) is 0.389. The van der Waals surface area contributed by atoms with Crippen LogP contribution in [0.15, 0.2) is 42.7 Å². The highest BCUT2D eigenvalue weighted by Crippen LogP contribution is 2.18. The van der Waals surface area contributed by atoms with E-state index in [2.05, 4.69) is 4.98 Å². The van der Waals surface area contributed by atoms with Gasteiger partial charge in [0.05, 0.1) is 6.54 Å². The van der Waals surface area contributed by atoms with E-state index in [4.69, 9.17) is 4.74 Å². The lowest BCUT2D eigenvalue weighted by atomic mass is 10.1. The van der Waals surface area contributed by atoms with Crippen LogP contribution in [0.2, 0.25) is 0 Å². The monoisotopic (exact) mass is 327 g/mol. The van der Waals surface area contributed by atoms with E-state index in [0.29, 0.717) is 25.9 Å². The molecule has 6 nitrogen and oxygen atoms in total. The molecule has 0 aliphatic carbocycles. The average molecular weight is 327 g/mol. The molecule has 1 atom stereocenters. The number of amides is 1. The SMILES string of the molecule is Cn1ccnc1CN(CCc1ccccc1)C(=O)[C@@H]1CCC(=O)O1. The Labute approximate surface area is 141 Å². The molecule has 2 aromatic rings. The molecule has 0 unspecified atom stereocenters. The number of cyclic esters (lactones) is 1. The minimum Gasteiger partial charge on any atom is -0.452 e. The summed E-state index contributed by atoms with van der Waals surface area (Å²) in [4.78, 5) is 30.1. The van der Waals surface area contributed by atoms with Crippen LogP contribution < -0.4 is 0 Å². The number of ether oxygens (including phenoxy) is 1. The molecule has 0 radical (unpaired) electrons. The molecule has 0 bridgehead atoms. The van der Waals surface area contributed by atoms with Gasteiger partial charge in [-0.25, -0.2) is 4.98 Å². The lowest BCUT2D eigenvalue weighted by Crippen LogP contribution is -2.40. The van der Waals surface area contributed by atoms with E-state index >= 15 is 0 Å². The second kappa shape index (κ2) is 7.29. The maximum Gasteiger partial charge on any atom is 0.306 e. The summed E-state index contributed by atoms with van der Waals surface area (Å²) in [5.41, 5.74) is 1.17. The van der Waals surface area contributed by atoms with Crippen molar-refractivity contribution in [2.75, 3.05) is 6.54 Å². The summed E-state index contributed by atoms with van der Waals surface area (Å²) in [6, 6.07) is 10.0. The van der Waals surface area contributed by atoms with Gasteiger partial charge in [-0.1, -0.05) is 30.3 Å². The van der Waals surface area contributed by atoms with Crippen LogP contribution in [0.1, 0.15) is 24.2 Å². The quantitative estimate of drug-likeness (QED) is 0.758. The molecule has 6 heteroatoms. The molecule has 1 aliphatic rings. The second-order valence-corrected chi connectivity index (χ2v) is 5.97. The van der Waals surface area contributed by atoms with Crippen molar-refractivity contribution >= 4 is 11.9 Å². The predicted molar refractivity (Wildman–Crippen MR) is 87.9 cm³/mol. The van der Waals surface area contributed by atoms with Crippen molar-refractivity contribution in [1.29, 1.82) is 0 Å². The first-order valence-electron chi connectivity index (χ1n) is 8.12. The van der Waals surface area contributed by atoms with Gasteiger partial charge in [-0.3, -0.25) is 9.59 Å². The first-order chi connectivity index (χ1) is 11.6. The molecular formula is C18H21N3O3. The summed E-state index contributed by atoms with van der Waals surface area (Å²) in [5, 5.41) is 0. The number of nitrogens with zero attached hydrogens (tertiary/aromatic N) is 3. The van der Waals surface area contributed by atoms with E-state index in [-0.39, 0.29) is 11.9 Å². The highest BCUT2D eigenvalue weighted by atomic mass is 16.6. The maximum absolute atomic E-state index is 12.8. The minimum atomic E-state index is -0.659. The van der Waals surface area contributed by atoms with Gasteiger partial charge in [0.1, 0.15) is 5.82 Å². The zero-order valence-electron chi connectivity index (χ0n) is 13.7. The number of carbonyl (C=O) groups excluding carboxylic acids is 2. The zero-order valence-corrected chi connectivity index (χ0v) is 13.7. The molecule has 1 aromatic heterocycles. The number of imidazole rings is 1. The van der Waals surface area contributed by atoms with Gasteiger partial charge in [0, 0.05) is 38.8 Å². The second-order valence-electron chi connectivity index (χ2n) is 5.97. The third-order valence-electron chi connectivity index (χ3n) is 4.24. The molecule has 0 saturated carbocycles. The Morgan fingerprint density at radius 2 is 2.17 bits per heavy atom. The van der Waals surface area contributed by atoms with Gasteiger partial charge in [-0.15, -0.1) is 0 Å². The topological polar surface area (TPSA) is 64.4 Å². The fourth-order valence-corrected chi connectivity index (χ4v) is 2.80. The Balaban J connectivity index is 1.71. The number of carbonyl (C=O) groups is 2. The fourth-order valence-electron chi connectivity index (χ4n) is 2.80. The summed E-state index contributed by atoms with van der Waals surface area (Å²) in [6.07, 6.45) is 4.42. The molecule has 0 spiro atoms. The Kier molecular flexibility index (Phi) is 4.93. The summed E-state index contributed by atoms with van der Waals surface area (Å²) in [6.45, 7) is 0.965. The van der Waals surface area contributed by atoms with E-state index in [0.717, 1.165) is 12.2 Å². The molecule has 3 rings (SSSR count). The van der Waals surface area contributed by atoms with E-state index in [1.165, 1.54) is 5.56 Å². The number of benzene rings is 1. The number of esters is 1. The van der Waals surface area contributed by atoms with Crippen molar-refractivity contribution < 1.29 is 14.3 Å². The molecule has 1 fully saturated rings. The van der Waals surface area contributed by atoms with Crippen molar-refractivity contribution in [3.05, 3.63) is 54.1 Å². The van der Waals surface area contributed by atoms with Crippen LogP contribution in [-0.4, -0.2) is 39.0 Å². The lowest BCUT2D eigenvalue weighted by Gasteiger charge is -2.25. The van der Waals surface area contributed by atoms with Crippen LogP contribution in [0.3, 0.4) is 0 Å². The highest BCUT2D eigenvalue weighted by Gasteiger charge is 2.33. The van der Waals surface area contributed by atoms with Crippen LogP contribution in [0, 0.1) is 0 Å². The summed E-state index contributed by atoms with van der Waals surface area (Å²) in [5.74, 6) is 0.369. The maximum atomic E-state index is 12.8. The van der Waals surface area contributed by atoms with Gasteiger partial charge >= 0.3 is 5.97 Å². The van der Waals surface area contributed by atoms with E-state index in [1.807, 2.05) is 48.1 Å². The standard InChI is InChI=1S/C18H21N3O3/c1-20-12-10-19-16(20)13-21(11-9-14-5-3-2-4-6-14)18(23)15-7-8-17(22)24-15/h2-6,10,12,15H,7-9,11,13H2,1H3/t15-/m0/s1. The van der Waals surface area contributed by atoms with Crippen LogP contribution in [0.25, 0.3) is 0 Å². The number of rotatable bonds is 6. The van der Waals surface area contributed by atoms with Gasteiger partial charge < -0.3 is 14.2 Å². The van der Waals surface area contributed by atoms with Crippen LogP contribution in [-0.2, 0) is 34.3 Å². The molecule has 0 N–H and O–H groups in total.